The zero-order valence-electron chi connectivity index (χ0n) is 23.0. The number of nitrogens with one attached hydrogen (secondary N) is 1. The summed E-state index contributed by atoms with van der Waals surface area (Å²) in [6.07, 6.45) is 0.534. The summed E-state index contributed by atoms with van der Waals surface area (Å²) in [6.45, 7) is 4.74. The molecule has 3 heterocycles. The highest BCUT2D eigenvalue weighted by Crippen LogP contribution is 2.41. The van der Waals surface area contributed by atoms with Crippen molar-refractivity contribution in [1.29, 1.82) is 0 Å². The van der Waals surface area contributed by atoms with Gasteiger partial charge in [0.25, 0.3) is 5.91 Å². The fourth-order valence-corrected chi connectivity index (χ4v) is 6.03. The van der Waals surface area contributed by atoms with Gasteiger partial charge in [0.2, 0.25) is 11.8 Å². The highest BCUT2D eigenvalue weighted by molar-refractivity contribution is 6.60. The van der Waals surface area contributed by atoms with Crippen molar-refractivity contribution in [2.24, 2.45) is 0 Å². The summed E-state index contributed by atoms with van der Waals surface area (Å²) in [7, 11) is 9.91. The van der Waals surface area contributed by atoms with Gasteiger partial charge in [0.05, 0.1) is 13.2 Å². The summed E-state index contributed by atoms with van der Waals surface area (Å²) in [6, 6.07) is 7.78. The van der Waals surface area contributed by atoms with E-state index in [-0.39, 0.29) is 18.2 Å². The molecular formula is C25H32B5N3O5. The number of fused-ring (bicyclic) bond motifs is 1. The summed E-state index contributed by atoms with van der Waals surface area (Å²) in [5, 5.41) is 1.63. The first-order valence-corrected chi connectivity index (χ1v) is 13.4. The predicted octanol–water partition coefficient (Wildman–Crippen LogP) is -5.49. The molecule has 2 fully saturated rings. The first-order chi connectivity index (χ1) is 18.1. The minimum absolute atomic E-state index is 0.183. The first kappa shape index (κ1) is 26.7. The van der Waals surface area contributed by atoms with Crippen LogP contribution in [0.25, 0.3) is 0 Å². The van der Waals surface area contributed by atoms with E-state index in [1.807, 2.05) is 39.2 Å². The molecule has 1 atom stereocenters. The first-order valence-electron chi connectivity index (χ1n) is 13.4. The number of carbonyl (C=O) groups excluding carboxylic acids is 3. The number of hydrogen-bond acceptors (Lipinski definition) is 6. The van der Waals surface area contributed by atoms with E-state index in [1.54, 1.807) is 4.90 Å². The molecule has 0 aliphatic carbocycles. The number of ether oxygens (including phenoxy) is 2. The second-order valence-corrected chi connectivity index (χ2v) is 11.1. The summed E-state index contributed by atoms with van der Waals surface area (Å²) >= 11 is 0. The molecule has 38 heavy (non-hydrogen) atoms. The Morgan fingerprint density at radius 3 is 2.29 bits per heavy atom. The van der Waals surface area contributed by atoms with Crippen LogP contribution in [0.5, 0.6) is 5.75 Å². The van der Waals surface area contributed by atoms with E-state index in [2.05, 4.69) is 34.5 Å². The molecule has 0 aromatic heterocycles. The summed E-state index contributed by atoms with van der Waals surface area (Å²) in [5.41, 5.74) is 6.64. The monoisotopic (exact) mass is 509 g/mol. The SMILES string of the molecule is Bc1c(B)c(OCc2ccc(CN3CCOCC3)cc2)c2c(c1B)C(=O)N(C1CCC(=O)NC1=O)C2(B)B. The second kappa shape index (κ2) is 10.3. The fraction of sp³-hybridized carbons (Fsp3) is 0.400. The van der Waals surface area contributed by atoms with Crippen molar-refractivity contribution in [3.05, 3.63) is 46.5 Å². The van der Waals surface area contributed by atoms with Gasteiger partial charge in [-0.15, -0.1) is 0 Å². The van der Waals surface area contributed by atoms with Crippen molar-refractivity contribution in [1.82, 2.24) is 15.1 Å². The Balaban J connectivity index is 1.41. The molecule has 8 nitrogen and oxygen atoms in total. The Labute approximate surface area is 228 Å². The van der Waals surface area contributed by atoms with Crippen molar-refractivity contribution in [2.45, 2.75) is 37.4 Å². The van der Waals surface area contributed by atoms with Crippen LogP contribution in [0.4, 0.5) is 0 Å². The van der Waals surface area contributed by atoms with Gasteiger partial charge in [-0.3, -0.25) is 24.6 Å². The summed E-state index contributed by atoms with van der Waals surface area (Å²) < 4.78 is 11.9. The summed E-state index contributed by atoms with van der Waals surface area (Å²) in [4.78, 5) is 42.4. The third kappa shape index (κ3) is 4.71. The lowest BCUT2D eigenvalue weighted by Gasteiger charge is -2.40. The van der Waals surface area contributed by atoms with Gasteiger partial charge in [0.1, 0.15) is 57.6 Å². The molecule has 3 aliphatic heterocycles. The van der Waals surface area contributed by atoms with Gasteiger partial charge >= 0.3 is 0 Å². The number of piperidine rings is 1. The van der Waals surface area contributed by atoms with Crippen LogP contribution in [0.15, 0.2) is 24.3 Å². The number of nitrogens with zero attached hydrogens (tertiary/aromatic N) is 2. The van der Waals surface area contributed by atoms with Crippen molar-refractivity contribution in [2.75, 3.05) is 26.3 Å². The summed E-state index contributed by atoms with van der Waals surface area (Å²) in [5.74, 6) is -0.191. The number of benzene rings is 2. The Bertz CT molecular complexity index is 1300. The topological polar surface area (TPSA) is 88.2 Å². The second-order valence-electron chi connectivity index (χ2n) is 11.1. The maximum atomic E-state index is 13.8. The largest absolute Gasteiger partial charge is 0.489 e. The van der Waals surface area contributed by atoms with E-state index in [0.29, 0.717) is 24.3 Å². The predicted molar refractivity (Wildman–Crippen MR) is 159 cm³/mol. The van der Waals surface area contributed by atoms with Gasteiger partial charge in [0.15, 0.2) is 0 Å². The van der Waals surface area contributed by atoms with Gasteiger partial charge in [-0.25, -0.2) is 0 Å². The molecule has 0 saturated carbocycles. The number of amides is 3. The van der Waals surface area contributed by atoms with Gasteiger partial charge in [-0.2, -0.15) is 0 Å². The molecule has 1 N–H and O–H groups in total. The molecule has 3 aliphatic rings. The van der Waals surface area contributed by atoms with Crippen LogP contribution < -0.4 is 26.4 Å². The standard InChI is InChI=1S/C25H32B5N3O5/c26-19-17-18(25(29,30)33(24(17)36)15-5-6-16(34)31-23(15)35)22(21(28)20(19)27)38-12-14-3-1-13(2-4-14)11-32-7-9-37-10-8-32/h1-4,15H,5-12,26-30H2,(H,31,34,35). The molecule has 0 radical (unpaired) electrons. The highest BCUT2D eigenvalue weighted by atomic mass is 16.5. The zero-order chi connectivity index (χ0) is 27.2. The molecule has 2 saturated heterocycles. The van der Waals surface area contributed by atoms with Crippen molar-refractivity contribution < 1.29 is 23.9 Å². The van der Waals surface area contributed by atoms with E-state index in [4.69, 9.17) is 9.47 Å². The van der Waals surface area contributed by atoms with Gasteiger partial charge in [-0.1, -0.05) is 40.7 Å². The molecule has 13 heteroatoms. The lowest BCUT2D eigenvalue weighted by atomic mass is 9.55. The molecule has 2 aromatic rings. The van der Waals surface area contributed by atoms with Gasteiger partial charge in [-0.05, 0) is 17.5 Å². The third-order valence-corrected chi connectivity index (χ3v) is 8.40. The quantitative estimate of drug-likeness (QED) is 0.310. The number of hydrogen-bond donors (Lipinski definition) is 1. The molecule has 3 amide bonds. The number of morpholine rings is 1. The Morgan fingerprint density at radius 2 is 1.63 bits per heavy atom. The van der Waals surface area contributed by atoms with Gasteiger partial charge in [0, 0.05) is 42.5 Å². The van der Waals surface area contributed by atoms with Crippen molar-refractivity contribution in [3.63, 3.8) is 0 Å². The van der Waals surface area contributed by atoms with Crippen LogP contribution in [0.3, 0.4) is 0 Å². The van der Waals surface area contributed by atoms with Crippen LogP contribution >= 0.6 is 0 Å². The molecule has 1 unspecified atom stereocenters. The zero-order valence-corrected chi connectivity index (χ0v) is 23.0. The van der Waals surface area contributed by atoms with E-state index in [9.17, 15) is 14.4 Å². The fourth-order valence-electron chi connectivity index (χ4n) is 6.03. The average Bonchev–Trinajstić information content (AvgIpc) is 3.09. The number of rotatable bonds is 6. The normalized spacial score (nSPS) is 21.3. The van der Waals surface area contributed by atoms with Crippen LogP contribution in [-0.2, 0) is 32.8 Å². The highest BCUT2D eigenvalue weighted by Gasteiger charge is 2.51. The molecular weight excluding hydrogens is 476 g/mol. The van der Waals surface area contributed by atoms with Gasteiger partial charge < -0.3 is 14.4 Å². The molecule has 2 aromatic carbocycles. The van der Waals surface area contributed by atoms with Crippen LogP contribution in [0.1, 0.15) is 39.9 Å². The minimum atomic E-state index is -0.782. The van der Waals surface area contributed by atoms with Crippen molar-refractivity contribution >= 4 is 73.3 Å². The average molecular weight is 509 g/mol. The Kier molecular flexibility index (Phi) is 7.26. The minimum Gasteiger partial charge on any atom is -0.489 e. The smallest absolute Gasteiger partial charge is 0.253 e. The van der Waals surface area contributed by atoms with Crippen LogP contribution in [0.2, 0.25) is 0 Å². The van der Waals surface area contributed by atoms with Crippen LogP contribution in [-0.4, -0.2) is 99.1 Å². The van der Waals surface area contributed by atoms with Crippen molar-refractivity contribution in [3.8, 4) is 5.75 Å². The molecule has 5 rings (SSSR count). The number of carbonyl (C=O) groups is 3. The Morgan fingerprint density at radius 1 is 0.974 bits per heavy atom. The van der Waals surface area contributed by atoms with E-state index in [1.165, 1.54) is 5.56 Å². The lowest BCUT2D eigenvalue weighted by Crippen LogP contribution is -2.59. The van der Waals surface area contributed by atoms with Crippen LogP contribution in [0, 0.1) is 0 Å². The third-order valence-electron chi connectivity index (χ3n) is 8.40. The molecule has 192 valence electrons. The maximum absolute atomic E-state index is 13.8. The molecule has 0 spiro atoms. The van der Waals surface area contributed by atoms with E-state index < -0.39 is 17.3 Å². The maximum Gasteiger partial charge on any atom is 0.253 e. The van der Waals surface area contributed by atoms with E-state index >= 15 is 0 Å². The number of imide groups is 1. The van der Waals surface area contributed by atoms with E-state index in [0.717, 1.165) is 60.4 Å². The molecule has 0 bridgehead atoms. The lowest BCUT2D eigenvalue weighted by molar-refractivity contribution is -0.137. The Hall–Kier alpha value is -2.91.